The lowest BCUT2D eigenvalue weighted by Gasteiger charge is -2.25. The first kappa shape index (κ1) is 20.6. The van der Waals surface area contributed by atoms with Gasteiger partial charge in [0.25, 0.3) is 0 Å². The summed E-state index contributed by atoms with van der Waals surface area (Å²) in [5.74, 6) is 1.14. The van der Waals surface area contributed by atoms with Crippen LogP contribution in [0, 0.1) is 0 Å². The summed E-state index contributed by atoms with van der Waals surface area (Å²) < 4.78 is 21.5. The number of hydrogen-bond donors (Lipinski definition) is 1. The Morgan fingerprint density at radius 2 is 1.78 bits per heavy atom. The molecule has 0 aliphatic carbocycles. The minimum atomic E-state index is -0.575. The smallest absolute Gasteiger partial charge is 0.412 e. The summed E-state index contributed by atoms with van der Waals surface area (Å²) in [5, 5.41) is 2.76. The maximum atomic E-state index is 12.3. The first-order chi connectivity index (χ1) is 12.8. The third kappa shape index (κ3) is 5.89. The first-order valence-electron chi connectivity index (χ1n) is 8.67. The SMILES string of the molecule is COCOc1c(NC(=O)OCc2ccccc2)cc(OC)cc1C(C)(C)C. The van der Waals surface area contributed by atoms with E-state index in [-0.39, 0.29) is 18.8 Å². The van der Waals surface area contributed by atoms with Gasteiger partial charge < -0.3 is 18.9 Å². The van der Waals surface area contributed by atoms with E-state index >= 15 is 0 Å². The normalized spacial score (nSPS) is 11.0. The number of nitrogens with one attached hydrogen (secondary N) is 1. The predicted octanol–water partition coefficient (Wildman–Crippen LogP) is 4.72. The number of anilines is 1. The third-order valence-corrected chi connectivity index (χ3v) is 3.88. The number of amides is 1. The van der Waals surface area contributed by atoms with Gasteiger partial charge in [-0.15, -0.1) is 0 Å². The minimum absolute atomic E-state index is 0.0587. The Hall–Kier alpha value is -2.73. The molecule has 0 heterocycles. The molecule has 1 amide bonds. The van der Waals surface area contributed by atoms with E-state index in [0.717, 1.165) is 11.1 Å². The molecule has 0 fully saturated rings. The highest BCUT2D eigenvalue weighted by Gasteiger charge is 2.24. The Kier molecular flexibility index (Phi) is 7.07. The third-order valence-electron chi connectivity index (χ3n) is 3.88. The van der Waals surface area contributed by atoms with E-state index in [1.165, 1.54) is 0 Å². The molecule has 2 rings (SSSR count). The topological polar surface area (TPSA) is 66.0 Å². The van der Waals surface area contributed by atoms with E-state index in [0.29, 0.717) is 17.2 Å². The molecular weight excluding hydrogens is 346 g/mol. The molecule has 27 heavy (non-hydrogen) atoms. The molecule has 0 spiro atoms. The Morgan fingerprint density at radius 1 is 1.07 bits per heavy atom. The van der Waals surface area contributed by atoms with E-state index in [4.69, 9.17) is 18.9 Å². The van der Waals surface area contributed by atoms with Crippen LogP contribution in [0.25, 0.3) is 0 Å². The van der Waals surface area contributed by atoms with Gasteiger partial charge in [-0.2, -0.15) is 0 Å². The highest BCUT2D eigenvalue weighted by atomic mass is 16.7. The highest BCUT2D eigenvalue weighted by molar-refractivity contribution is 5.88. The number of rotatable bonds is 7. The van der Waals surface area contributed by atoms with Crippen molar-refractivity contribution in [2.75, 3.05) is 26.3 Å². The second-order valence-electron chi connectivity index (χ2n) is 7.04. The van der Waals surface area contributed by atoms with Crippen LogP contribution >= 0.6 is 0 Å². The summed E-state index contributed by atoms with van der Waals surface area (Å²) in [6.07, 6.45) is -0.575. The molecule has 0 saturated heterocycles. The van der Waals surface area contributed by atoms with Gasteiger partial charge in [-0.1, -0.05) is 51.1 Å². The fourth-order valence-electron chi connectivity index (χ4n) is 2.51. The first-order valence-corrected chi connectivity index (χ1v) is 8.67. The van der Waals surface area contributed by atoms with Crippen LogP contribution in [0.15, 0.2) is 42.5 Å². The lowest BCUT2D eigenvalue weighted by molar-refractivity contribution is 0.0502. The van der Waals surface area contributed by atoms with E-state index < -0.39 is 6.09 Å². The second-order valence-corrected chi connectivity index (χ2v) is 7.04. The Morgan fingerprint density at radius 3 is 2.37 bits per heavy atom. The van der Waals surface area contributed by atoms with Gasteiger partial charge in [0, 0.05) is 18.7 Å². The molecular formula is C21H27NO5. The fraction of sp³-hybridized carbons (Fsp3) is 0.381. The molecule has 0 radical (unpaired) electrons. The summed E-state index contributed by atoms with van der Waals surface area (Å²) in [7, 11) is 3.12. The van der Waals surface area contributed by atoms with Gasteiger partial charge in [-0.25, -0.2) is 4.79 Å². The van der Waals surface area contributed by atoms with Gasteiger partial charge in [0.2, 0.25) is 0 Å². The molecule has 2 aromatic carbocycles. The van der Waals surface area contributed by atoms with Gasteiger partial charge in [-0.3, -0.25) is 5.32 Å². The van der Waals surface area contributed by atoms with Crippen LogP contribution in [-0.2, 0) is 21.5 Å². The summed E-state index contributed by atoms with van der Waals surface area (Å²) in [6.45, 7) is 6.40. The molecule has 146 valence electrons. The van der Waals surface area contributed by atoms with Crippen LogP contribution in [0.5, 0.6) is 11.5 Å². The van der Waals surface area contributed by atoms with Crippen molar-refractivity contribution in [3.05, 3.63) is 53.6 Å². The molecule has 1 N–H and O–H groups in total. The highest BCUT2D eigenvalue weighted by Crippen LogP contribution is 2.40. The van der Waals surface area contributed by atoms with E-state index in [2.05, 4.69) is 26.1 Å². The monoisotopic (exact) mass is 373 g/mol. The van der Waals surface area contributed by atoms with Crippen LogP contribution in [0.1, 0.15) is 31.9 Å². The zero-order valence-electron chi connectivity index (χ0n) is 16.5. The molecule has 6 heteroatoms. The summed E-state index contributed by atoms with van der Waals surface area (Å²) in [5.41, 5.74) is 2.03. The molecule has 0 atom stereocenters. The zero-order chi connectivity index (χ0) is 19.9. The van der Waals surface area contributed by atoms with Gasteiger partial charge in [0.15, 0.2) is 6.79 Å². The maximum absolute atomic E-state index is 12.3. The molecule has 0 aliphatic heterocycles. The lowest BCUT2D eigenvalue weighted by atomic mass is 9.85. The number of ether oxygens (including phenoxy) is 4. The average Bonchev–Trinajstić information content (AvgIpc) is 2.65. The molecule has 0 aromatic heterocycles. The van der Waals surface area contributed by atoms with Crippen molar-refractivity contribution in [2.24, 2.45) is 0 Å². The van der Waals surface area contributed by atoms with Gasteiger partial charge in [0.05, 0.1) is 12.8 Å². The second kappa shape index (κ2) is 9.28. The zero-order valence-corrected chi connectivity index (χ0v) is 16.5. The number of benzene rings is 2. The maximum Gasteiger partial charge on any atom is 0.412 e. The number of hydrogen-bond acceptors (Lipinski definition) is 5. The van der Waals surface area contributed by atoms with Gasteiger partial charge in [0.1, 0.15) is 18.1 Å². The molecule has 0 unspecified atom stereocenters. The van der Waals surface area contributed by atoms with Crippen molar-refractivity contribution in [1.29, 1.82) is 0 Å². The van der Waals surface area contributed by atoms with Crippen molar-refractivity contribution < 1.29 is 23.7 Å². The molecule has 6 nitrogen and oxygen atoms in total. The largest absolute Gasteiger partial charge is 0.497 e. The average molecular weight is 373 g/mol. The Labute approximate surface area is 160 Å². The fourth-order valence-corrected chi connectivity index (χ4v) is 2.51. The number of carbonyl (C=O) groups is 1. The molecule has 0 bridgehead atoms. The van der Waals surface area contributed by atoms with Crippen LogP contribution in [0.2, 0.25) is 0 Å². The van der Waals surface area contributed by atoms with Crippen molar-refractivity contribution in [3.63, 3.8) is 0 Å². The van der Waals surface area contributed by atoms with Crippen LogP contribution in [0.3, 0.4) is 0 Å². The van der Waals surface area contributed by atoms with Gasteiger partial charge in [-0.05, 0) is 17.0 Å². The van der Waals surface area contributed by atoms with Crippen molar-refractivity contribution in [1.82, 2.24) is 0 Å². The number of methoxy groups -OCH3 is 2. The summed E-state index contributed by atoms with van der Waals surface area (Å²) in [4.78, 5) is 12.3. The van der Waals surface area contributed by atoms with Crippen molar-refractivity contribution in [3.8, 4) is 11.5 Å². The van der Waals surface area contributed by atoms with Crippen LogP contribution in [-0.4, -0.2) is 27.1 Å². The summed E-state index contributed by atoms with van der Waals surface area (Å²) in [6, 6.07) is 13.1. The summed E-state index contributed by atoms with van der Waals surface area (Å²) >= 11 is 0. The Bertz CT molecular complexity index is 753. The van der Waals surface area contributed by atoms with E-state index in [1.807, 2.05) is 36.4 Å². The minimum Gasteiger partial charge on any atom is -0.497 e. The van der Waals surface area contributed by atoms with E-state index in [9.17, 15) is 4.79 Å². The quantitative estimate of drug-likeness (QED) is 0.711. The molecule has 2 aromatic rings. The Balaban J connectivity index is 2.25. The molecule has 0 aliphatic rings. The van der Waals surface area contributed by atoms with Gasteiger partial charge >= 0.3 is 6.09 Å². The van der Waals surface area contributed by atoms with Crippen molar-refractivity contribution in [2.45, 2.75) is 32.8 Å². The van der Waals surface area contributed by atoms with E-state index in [1.54, 1.807) is 20.3 Å². The van der Waals surface area contributed by atoms with Crippen LogP contribution < -0.4 is 14.8 Å². The molecule has 0 saturated carbocycles. The van der Waals surface area contributed by atoms with Crippen LogP contribution in [0.4, 0.5) is 10.5 Å². The number of carbonyl (C=O) groups excluding carboxylic acids is 1. The van der Waals surface area contributed by atoms with Crippen molar-refractivity contribution >= 4 is 11.8 Å². The standard InChI is InChI=1S/C21H27NO5/c1-21(2,3)17-11-16(25-5)12-18(19(17)27-14-24-4)22-20(23)26-13-15-9-7-6-8-10-15/h6-12H,13-14H2,1-5H3,(H,22,23). The lowest BCUT2D eigenvalue weighted by Crippen LogP contribution is -2.19. The predicted molar refractivity (Wildman–Crippen MR) is 104 cm³/mol.